The molecule has 8 nitrogen and oxygen atoms in total. The number of nitrogens with zero attached hydrogens (tertiary/aromatic N) is 4. The van der Waals surface area contributed by atoms with Gasteiger partial charge in [0, 0.05) is 54.7 Å². The summed E-state index contributed by atoms with van der Waals surface area (Å²) in [7, 11) is -3.75. The number of halogens is 2. The number of sulfonamides is 1. The molecule has 1 aliphatic rings. The smallest absolute Gasteiger partial charge is 0.269 e. The number of piperazine rings is 1. The second-order valence-electron chi connectivity index (χ2n) is 5.61. The van der Waals surface area contributed by atoms with Crippen LogP contribution in [0.3, 0.4) is 0 Å². The van der Waals surface area contributed by atoms with Crippen molar-refractivity contribution >= 4 is 48.9 Å². The van der Waals surface area contributed by atoms with Gasteiger partial charge in [-0.05, 0) is 34.1 Å². The maximum Gasteiger partial charge on any atom is 0.269 e. The van der Waals surface area contributed by atoms with E-state index in [1.807, 2.05) is 4.90 Å². The summed E-state index contributed by atoms with van der Waals surface area (Å²) >= 11 is 9.17. The zero-order valence-electron chi connectivity index (χ0n) is 13.4. The summed E-state index contributed by atoms with van der Waals surface area (Å²) in [5.41, 5.74) is 0.835. The average Bonchev–Trinajstić information content (AvgIpc) is 2.64. The summed E-state index contributed by atoms with van der Waals surface area (Å²) in [6, 6.07) is 7.64. The number of anilines is 1. The highest BCUT2D eigenvalue weighted by molar-refractivity contribution is 9.10. The van der Waals surface area contributed by atoms with Crippen LogP contribution in [0.5, 0.6) is 0 Å². The molecule has 0 unspecified atom stereocenters. The maximum atomic E-state index is 12.8. The van der Waals surface area contributed by atoms with Crippen LogP contribution in [0.15, 0.2) is 45.9 Å². The van der Waals surface area contributed by atoms with Crippen molar-refractivity contribution < 1.29 is 13.3 Å². The van der Waals surface area contributed by atoms with E-state index in [9.17, 15) is 18.5 Å². The molecule has 0 atom stereocenters. The third kappa shape index (κ3) is 3.83. The lowest BCUT2D eigenvalue weighted by Gasteiger charge is -2.35. The van der Waals surface area contributed by atoms with Crippen molar-refractivity contribution in [3.63, 3.8) is 0 Å². The predicted octanol–water partition coefficient (Wildman–Crippen LogP) is 2.92. The molecule has 0 aliphatic carbocycles. The third-order valence-electron chi connectivity index (χ3n) is 4.06. The number of nitro groups is 1. The van der Waals surface area contributed by atoms with Gasteiger partial charge in [-0.25, -0.2) is 13.4 Å². The second kappa shape index (κ2) is 7.47. The number of benzene rings is 1. The molecule has 3 rings (SSSR count). The number of non-ortho nitro benzene ring substituents is 1. The van der Waals surface area contributed by atoms with Gasteiger partial charge in [0.05, 0.1) is 4.92 Å². The Hall–Kier alpha value is -1.75. The molecule has 0 spiro atoms. The Morgan fingerprint density at radius 2 is 1.77 bits per heavy atom. The van der Waals surface area contributed by atoms with Gasteiger partial charge in [0.2, 0.25) is 10.0 Å². The van der Waals surface area contributed by atoms with Crippen LogP contribution in [0.1, 0.15) is 0 Å². The Bertz CT molecular complexity index is 931. The number of rotatable bonds is 4. The quantitative estimate of drug-likeness (QED) is 0.394. The van der Waals surface area contributed by atoms with Crippen LogP contribution in [0.4, 0.5) is 11.4 Å². The topological polar surface area (TPSA) is 96.6 Å². The highest BCUT2D eigenvalue weighted by Gasteiger charge is 2.31. The fraction of sp³-hybridized carbons (Fsp3) is 0.267. The average molecular weight is 462 g/mol. The van der Waals surface area contributed by atoms with Crippen LogP contribution < -0.4 is 4.90 Å². The van der Waals surface area contributed by atoms with Gasteiger partial charge in [-0.3, -0.25) is 10.1 Å². The Morgan fingerprint density at radius 1 is 1.15 bits per heavy atom. The molecule has 1 aromatic heterocycles. The Kier molecular flexibility index (Phi) is 5.47. The highest BCUT2D eigenvalue weighted by Crippen LogP contribution is 2.27. The number of nitro benzene ring substituents is 1. The normalized spacial score (nSPS) is 15.8. The minimum Gasteiger partial charge on any atom is -0.369 e. The predicted molar refractivity (Wildman–Crippen MR) is 101 cm³/mol. The first-order valence-corrected chi connectivity index (χ1v) is 10.2. The third-order valence-corrected chi connectivity index (χ3v) is 6.81. The van der Waals surface area contributed by atoms with Crippen molar-refractivity contribution in [1.29, 1.82) is 0 Å². The summed E-state index contributed by atoms with van der Waals surface area (Å²) in [4.78, 5) is 16.1. The van der Waals surface area contributed by atoms with Crippen molar-refractivity contribution in [1.82, 2.24) is 9.29 Å². The summed E-state index contributed by atoms with van der Waals surface area (Å²) in [5.74, 6) is 0. The van der Waals surface area contributed by atoms with E-state index in [1.54, 1.807) is 12.1 Å². The fourth-order valence-corrected chi connectivity index (χ4v) is 5.04. The summed E-state index contributed by atoms with van der Waals surface area (Å²) < 4.78 is 27.5. The zero-order chi connectivity index (χ0) is 18.9. The van der Waals surface area contributed by atoms with Crippen LogP contribution >= 0.6 is 27.5 Å². The van der Waals surface area contributed by atoms with Gasteiger partial charge >= 0.3 is 0 Å². The number of hydrogen-bond acceptors (Lipinski definition) is 6. The second-order valence-corrected chi connectivity index (χ2v) is 8.79. The molecule has 0 bridgehead atoms. The molecule has 1 fully saturated rings. The van der Waals surface area contributed by atoms with Crippen LogP contribution in [0, 0.1) is 10.1 Å². The lowest BCUT2D eigenvalue weighted by Crippen LogP contribution is -2.48. The summed E-state index contributed by atoms with van der Waals surface area (Å²) in [6.07, 6.45) is 1.44. The molecule has 1 aliphatic heterocycles. The minimum atomic E-state index is -3.75. The van der Waals surface area contributed by atoms with Crippen molar-refractivity contribution in [2.75, 3.05) is 31.1 Å². The van der Waals surface area contributed by atoms with Gasteiger partial charge in [0.1, 0.15) is 10.0 Å². The maximum absolute atomic E-state index is 12.8. The van der Waals surface area contributed by atoms with Gasteiger partial charge in [-0.15, -0.1) is 0 Å². The number of aromatic nitrogens is 1. The molecule has 0 saturated carbocycles. The van der Waals surface area contributed by atoms with Gasteiger partial charge in [0.25, 0.3) is 5.69 Å². The van der Waals surface area contributed by atoms with Gasteiger partial charge in [-0.1, -0.05) is 11.6 Å². The Labute approximate surface area is 163 Å². The first kappa shape index (κ1) is 19.0. The standard InChI is InChI=1S/C15H14BrClN4O4S/c16-11-9-14(15(17)18-10-11)26(24,25)20-7-5-19(6-8-20)12-1-3-13(4-2-12)21(22)23/h1-4,9-10H,5-8H2. The van der Waals surface area contributed by atoms with Gasteiger partial charge < -0.3 is 4.90 Å². The fourth-order valence-electron chi connectivity index (χ4n) is 2.70. The minimum absolute atomic E-state index is 0.0201. The van der Waals surface area contributed by atoms with E-state index in [1.165, 1.54) is 28.7 Å². The summed E-state index contributed by atoms with van der Waals surface area (Å²) in [5, 5.41) is 10.7. The van der Waals surface area contributed by atoms with Crippen molar-refractivity contribution in [3.05, 3.63) is 56.3 Å². The zero-order valence-corrected chi connectivity index (χ0v) is 16.5. The van der Waals surface area contributed by atoms with Crippen molar-refractivity contribution in [3.8, 4) is 0 Å². The van der Waals surface area contributed by atoms with Crippen molar-refractivity contribution in [2.24, 2.45) is 0 Å². The molecule has 1 saturated heterocycles. The number of pyridine rings is 1. The molecule has 0 N–H and O–H groups in total. The van der Waals surface area contributed by atoms with E-state index in [2.05, 4.69) is 20.9 Å². The molecule has 26 heavy (non-hydrogen) atoms. The van der Waals surface area contributed by atoms with Crippen LogP contribution in [-0.4, -0.2) is 48.8 Å². The Morgan fingerprint density at radius 3 is 2.35 bits per heavy atom. The first-order valence-electron chi connectivity index (χ1n) is 7.59. The molecule has 0 radical (unpaired) electrons. The van der Waals surface area contributed by atoms with E-state index in [0.29, 0.717) is 17.6 Å². The van der Waals surface area contributed by atoms with E-state index in [4.69, 9.17) is 11.6 Å². The SMILES string of the molecule is O=[N+]([O-])c1ccc(N2CCN(S(=O)(=O)c3cc(Br)cnc3Cl)CC2)cc1. The molecular weight excluding hydrogens is 448 g/mol. The van der Waals surface area contributed by atoms with E-state index in [-0.39, 0.29) is 28.8 Å². The lowest BCUT2D eigenvalue weighted by molar-refractivity contribution is -0.384. The highest BCUT2D eigenvalue weighted by atomic mass is 79.9. The number of hydrogen-bond donors (Lipinski definition) is 0. The molecule has 0 amide bonds. The van der Waals surface area contributed by atoms with Crippen molar-refractivity contribution in [2.45, 2.75) is 4.90 Å². The van der Waals surface area contributed by atoms with E-state index >= 15 is 0 Å². The molecule has 1 aromatic carbocycles. The summed E-state index contributed by atoms with van der Waals surface area (Å²) in [6.45, 7) is 1.50. The first-order chi connectivity index (χ1) is 12.3. The molecule has 138 valence electrons. The largest absolute Gasteiger partial charge is 0.369 e. The van der Waals surface area contributed by atoms with Gasteiger partial charge in [0.15, 0.2) is 0 Å². The van der Waals surface area contributed by atoms with Crippen LogP contribution in [-0.2, 0) is 10.0 Å². The molecule has 2 aromatic rings. The monoisotopic (exact) mass is 460 g/mol. The van der Waals surface area contributed by atoms with Crippen LogP contribution in [0.25, 0.3) is 0 Å². The molecule has 2 heterocycles. The van der Waals surface area contributed by atoms with Gasteiger partial charge in [-0.2, -0.15) is 4.31 Å². The molecular formula is C15H14BrClN4O4S. The lowest BCUT2D eigenvalue weighted by atomic mass is 10.2. The molecule has 11 heteroatoms. The van der Waals surface area contributed by atoms with Crippen LogP contribution in [0.2, 0.25) is 5.15 Å². The van der Waals surface area contributed by atoms with E-state index < -0.39 is 14.9 Å². The Balaban J connectivity index is 1.73. The van der Waals surface area contributed by atoms with E-state index in [0.717, 1.165) is 5.69 Å².